The van der Waals surface area contributed by atoms with E-state index in [9.17, 15) is 9.59 Å². The summed E-state index contributed by atoms with van der Waals surface area (Å²) in [5, 5.41) is 0. The van der Waals surface area contributed by atoms with Crippen molar-refractivity contribution in [2.24, 2.45) is 5.92 Å². The predicted octanol–water partition coefficient (Wildman–Crippen LogP) is 3.52. The SMILES string of the molecule is CC1=CC=C2Oc3ccccc3C3(OC(=O)c4ccccc43)C2C1=O. The van der Waals surface area contributed by atoms with Crippen LogP contribution in [0.4, 0.5) is 0 Å². The summed E-state index contributed by atoms with van der Waals surface area (Å²) in [7, 11) is 0. The van der Waals surface area contributed by atoms with Crippen molar-refractivity contribution in [2.75, 3.05) is 0 Å². The molecule has 2 aliphatic heterocycles. The highest BCUT2D eigenvalue weighted by molar-refractivity contribution is 6.04. The summed E-state index contributed by atoms with van der Waals surface area (Å²) >= 11 is 0. The van der Waals surface area contributed by atoms with Gasteiger partial charge in [-0.2, -0.15) is 0 Å². The van der Waals surface area contributed by atoms with Crippen LogP contribution in [0.3, 0.4) is 0 Å². The standard InChI is InChI=1S/C21H14O4/c1-12-10-11-17-18(19(12)22)21(15-8-4-5-9-16(15)24-17)14-7-3-2-6-13(14)20(23)25-21/h2-11,18H,1H3. The van der Waals surface area contributed by atoms with Gasteiger partial charge in [-0.05, 0) is 30.7 Å². The molecule has 0 fully saturated rings. The third kappa shape index (κ3) is 1.66. The van der Waals surface area contributed by atoms with Crippen LogP contribution in [0.1, 0.15) is 28.4 Å². The maximum Gasteiger partial charge on any atom is 0.339 e. The highest BCUT2D eigenvalue weighted by Gasteiger charge is 2.60. The van der Waals surface area contributed by atoms with Crippen LogP contribution < -0.4 is 4.74 Å². The van der Waals surface area contributed by atoms with Gasteiger partial charge in [0.15, 0.2) is 11.4 Å². The first-order valence-electron chi connectivity index (χ1n) is 8.16. The number of ketones is 1. The largest absolute Gasteiger partial charge is 0.460 e. The number of carbonyl (C=O) groups is 2. The fourth-order valence-electron chi connectivity index (χ4n) is 4.02. The van der Waals surface area contributed by atoms with Gasteiger partial charge in [0.25, 0.3) is 0 Å². The molecule has 4 nitrogen and oxygen atoms in total. The van der Waals surface area contributed by atoms with Crippen LogP contribution >= 0.6 is 0 Å². The lowest BCUT2D eigenvalue weighted by Crippen LogP contribution is -2.47. The van der Waals surface area contributed by atoms with Crippen LogP contribution in [0.2, 0.25) is 0 Å². The zero-order valence-corrected chi connectivity index (χ0v) is 13.5. The van der Waals surface area contributed by atoms with Crippen molar-refractivity contribution in [1.29, 1.82) is 0 Å². The number of esters is 1. The highest BCUT2D eigenvalue weighted by Crippen LogP contribution is 2.56. The van der Waals surface area contributed by atoms with Crippen molar-refractivity contribution in [3.05, 3.63) is 88.7 Å². The van der Waals surface area contributed by atoms with E-state index in [-0.39, 0.29) is 5.78 Å². The molecule has 0 N–H and O–H groups in total. The molecule has 2 atom stereocenters. The van der Waals surface area contributed by atoms with Crippen LogP contribution in [0.5, 0.6) is 5.75 Å². The molecule has 3 aliphatic rings. The van der Waals surface area contributed by atoms with Crippen molar-refractivity contribution in [3.63, 3.8) is 0 Å². The molecule has 5 rings (SSSR count). The first-order chi connectivity index (χ1) is 12.1. The fourth-order valence-corrected chi connectivity index (χ4v) is 4.02. The molecule has 122 valence electrons. The van der Waals surface area contributed by atoms with Crippen LogP contribution in [0, 0.1) is 5.92 Å². The van der Waals surface area contributed by atoms with Gasteiger partial charge in [-0.1, -0.05) is 42.5 Å². The van der Waals surface area contributed by atoms with Gasteiger partial charge >= 0.3 is 5.97 Å². The van der Waals surface area contributed by atoms with Gasteiger partial charge in [0.2, 0.25) is 0 Å². The maximum absolute atomic E-state index is 13.1. The minimum absolute atomic E-state index is 0.0866. The molecule has 0 saturated carbocycles. The number of rotatable bonds is 0. The number of carbonyl (C=O) groups excluding carboxylic acids is 2. The average molecular weight is 330 g/mol. The zero-order valence-electron chi connectivity index (χ0n) is 13.5. The zero-order chi connectivity index (χ0) is 17.2. The summed E-state index contributed by atoms with van der Waals surface area (Å²) in [5.74, 6) is -0.0859. The Balaban J connectivity index is 1.89. The summed E-state index contributed by atoms with van der Waals surface area (Å²) in [6.45, 7) is 1.77. The molecule has 0 amide bonds. The molecule has 2 aromatic carbocycles. The number of Topliss-reactive ketones (excluding diaryl/α,β-unsaturated/α-hetero) is 1. The molecule has 0 bridgehead atoms. The number of hydrogen-bond acceptors (Lipinski definition) is 4. The van der Waals surface area contributed by atoms with Gasteiger partial charge in [0.1, 0.15) is 17.4 Å². The van der Waals surface area contributed by atoms with E-state index in [1.165, 1.54) is 0 Å². The van der Waals surface area contributed by atoms with E-state index >= 15 is 0 Å². The summed E-state index contributed by atoms with van der Waals surface area (Å²) in [4.78, 5) is 25.7. The Morgan fingerprint density at radius 1 is 0.920 bits per heavy atom. The highest BCUT2D eigenvalue weighted by atomic mass is 16.6. The second-order valence-electron chi connectivity index (χ2n) is 6.48. The van der Waals surface area contributed by atoms with E-state index in [2.05, 4.69) is 0 Å². The van der Waals surface area contributed by atoms with Gasteiger partial charge in [0.05, 0.1) is 5.56 Å². The van der Waals surface area contributed by atoms with E-state index in [0.29, 0.717) is 28.2 Å². The molecule has 0 aromatic heterocycles. The summed E-state index contributed by atoms with van der Waals surface area (Å²) < 4.78 is 12.0. The number of para-hydroxylation sites is 1. The van der Waals surface area contributed by atoms with Crippen LogP contribution in [-0.4, -0.2) is 11.8 Å². The normalized spacial score (nSPS) is 26.0. The first kappa shape index (κ1) is 14.2. The van der Waals surface area contributed by atoms with Crippen molar-refractivity contribution in [1.82, 2.24) is 0 Å². The molecule has 2 unspecified atom stereocenters. The fraction of sp³-hybridized carbons (Fsp3) is 0.143. The van der Waals surface area contributed by atoms with E-state index in [1.54, 1.807) is 31.2 Å². The quantitative estimate of drug-likeness (QED) is 0.694. The number of ether oxygens (including phenoxy) is 2. The lowest BCUT2D eigenvalue weighted by molar-refractivity contribution is -0.126. The number of hydrogen-bond donors (Lipinski definition) is 0. The Morgan fingerprint density at radius 3 is 2.48 bits per heavy atom. The van der Waals surface area contributed by atoms with Gasteiger partial charge in [-0.15, -0.1) is 0 Å². The monoisotopic (exact) mass is 330 g/mol. The molecule has 0 radical (unpaired) electrons. The van der Waals surface area contributed by atoms with Gasteiger partial charge in [0, 0.05) is 11.1 Å². The van der Waals surface area contributed by atoms with Gasteiger partial charge in [-0.25, -0.2) is 4.79 Å². The Morgan fingerprint density at radius 2 is 1.64 bits per heavy atom. The molecule has 0 saturated heterocycles. The molecular weight excluding hydrogens is 316 g/mol. The van der Waals surface area contributed by atoms with E-state index in [4.69, 9.17) is 9.47 Å². The molecule has 1 spiro atoms. The average Bonchev–Trinajstić information content (AvgIpc) is 2.92. The molecule has 2 aromatic rings. The van der Waals surface area contributed by atoms with Crippen molar-refractivity contribution < 1.29 is 19.1 Å². The predicted molar refractivity (Wildman–Crippen MR) is 90.0 cm³/mol. The smallest absolute Gasteiger partial charge is 0.339 e. The van der Waals surface area contributed by atoms with E-state index < -0.39 is 17.5 Å². The van der Waals surface area contributed by atoms with Crippen LogP contribution in [0.15, 0.2) is 72.0 Å². The Kier molecular flexibility index (Phi) is 2.67. The molecular formula is C21H14O4. The molecule has 1 aliphatic carbocycles. The van der Waals surface area contributed by atoms with Gasteiger partial charge in [-0.3, -0.25) is 4.79 Å². The molecule has 4 heteroatoms. The van der Waals surface area contributed by atoms with Crippen LogP contribution in [-0.2, 0) is 15.1 Å². The summed E-state index contributed by atoms with van der Waals surface area (Å²) in [5.41, 5.74) is 1.37. The third-order valence-electron chi connectivity index (χ3n) is 5.16. The summed E-state index contributed by atoms with van der Waals surface area (Å²) in [6.07, 6.45) is 3.55. The third-order valence-corrected chi connectivity index (χ3v) is 5.16. The van der Waals surface area contributed by atoms with Crippen molar-refractivity contribution in [3.8, 4) is 5.75 Å². The van der Waals surface area contributed by atoms with Crippen LogP contribution in [0.25, 0.3) is 0 Å². The Hall–Kier alpha value is -3.14. The minimum Gasteiger partial charge on any atom is -0.460 e. The Bertz CT molecular complexity index is 1010. The maximum atomic E-state index is 13.1. The number of benzene rings is 2. The summed E-state index contributed by atoms with van der Waals surface area (Å²) in [6, 6.07) is 14.7. The minimum atomic E-state index is -1.18. The van der Waals surface area contributed by atoms with Crippen molar-refractivity contribution >= 4 is 11.8 Å². The topological polar surface area (TPSA) is 52.6 Å². The number of allylic oxidation sites excluding steroid dienone is 3. The van der Waals surface area contributed by atoms with Crippen molar-refractivity contribution in [2.45, 2.75) is 12.5 Å². The number of fused-ring (bicyclic) bond motifs is 6. The molecule has 25 heavy (non-hydrogen) atoms. The Labute approximate surface area is 144 Å². The first-order valence-corrected chi connectivity index (χ1v) is 8.16. The second kappa shape index (κ2) is 4.70. The van der Waals surface area contributed by atoms with E-state index in [0.717, 1.165) is 5.56 Å². The molecule has 2 heterocycles. The second-order valence-corrected chi connectivity index (χ2v) is 6.48. The van der Waals surface area contributed by atoms with E-state index in [1.807, 2.05) is 36.4 Å². The lowest BCUT2D eigenvalue weighted by atomic mass is 9.69. The van der Waals surface area contributed by atoms with Gasteiger partial charge < -0.3 is 9.47 Å². The lowest BCUT2D eigenvalue weighted by Gasteiger charge is -2.42.